The summed E-state index contributed by atoms with van der Waals surface area (Å²) >= 11 is 0. The third-order valence-corrected chi connectivity index (χ3v) is 4.95. The molecule has 0 aliphatic carbocycles. The summed E-state index contributed by atoms with van der Waals surface area (Å²) in [4.78, 5) is 13.3. The summed E-state index contributed by atoms with van der Waals surface area (Å²) < 4.78 is 13.7. The van der Waals surface area contributed by atoms with Crippen LogP contribution in [0.5, 0.6) is 0 Å². The van der Waals surface area contributed by atoms with Crippen LogP contribution in [0.15, 0.2) is 30.6 Å². The number of fused-ring (bicyclic) bond motifs is 1. The Labute approximate surface area is 140 Å². The van der Waals surface area contributed by atoms with Crippen LogP contribution in [-0.4, -0.2) is 46.2 Å². The van der Waals surface area contributed by atoms with Crippen LogP contribution in [0.4, 0.5) is 10.2 Å². The van der Waals surface area contributed by atoms with Crippen LogP contribution in [0.1, 0.15) is 29.3 Å². The molecule has 0 saturated carbocycles. The van der Waals surface area contributed by atoms with E-state index < -0.39 is 6.10 Å². The SMILES string of the molecule is CN1CCc2ncnc(N3CC(O)CC3c3cccc(F)c3)c2C1. The largest absolute Gasteiger partial charge is 0.391 e. The lowest BCUT2D eigenvalue weighted by Gasteiger charge is -2.31. The highest BCUT2D eigenvalue weighted by atomic mass is 19.1. The Balaban J connectivity index is 1.75. The van der Waals surface area contributed by atoms with Crippen molar-refractivity contribution < 1.29 is 9.50 Å². The van der Waals surface area contributed by atoms with E-state index in [4.69, 9.17) is 0 Å². The fraction of sp³-hybridized carbons (Fsp3) is 0.444. The Morgan fingerprint density at radius 3 is 3.00 bits per heavy atom. The summed E-state index contributed by atoms with van der Waals surface area (Å²) in [6, 6.07) is 6.56. The number of aromatic nitrogens is 2. The first kappa shape index (κ1) is 15.5. The molecule has 0 spiro atoms. The van der Waals surface area contributed by atoms with Crippen LogP contribution in [0, 0.1) is 5.82 Å². The molecule has 0 radical (unpaired) electrons. The number of hydrogen-bond donors (Lipinski definition) is 1. The Morgan fingerprint density at radius 2 is 2.17 bits per heavy atom. The minimum absolute atomic E-state index is 0.0677. The highest BCUT2D eigenvalue weighted by Crippen LogP contribution is 2.38. The van der Waals surface area contributed by atoms with Crippen LogP contribution >= 0.6 is 0 Å². The van der Waals surface area contributed by atoms with E-state index in [1.807, 2.05) is 6.07 Å². The van der Waals surface area contributed by atoms with E-state index in [9.17, 15) is 9.50 Å². The number of likely N-dealkylation sites (N-methyl/N-ethyl adjacent to an activating group) is 1. The van der Waals surface area contributed by atoms with Gasteiger partial charge in [0.2, 0.25) is 0 Å². The lowest BCUT2D eigenvalue weighted by atomic mass is 10.0. The minimum Gasteiger partial charge on any atom is -0.391 e. The Morgan fingerprint density at radius 1 is 1.29 bits per heavy atom. The molecule has 1 aromatic heterocycles. The first-order valence-electron chi connectivity index (χ1n) is 8.33. The number of hydrogen-bond acceptors (Lipinski definition) is 5. The molecule has 2 unspecified atom stereocenters. The van der Waals surface area contributed by atoms with Crippen molar-refractivity contribution >= 4 is 5.82 Å². The number of benzene rings is 1. The molecule has 1 fully saturated rings. The second-order valence-electron chi connectivity index (χ2n) is 6.72. The molecule has 6 heteroatoms. The molecule has 24 heavy (non-hydrogen) atoms. The summed E-state index contributed by atoms with van der Waals surface area (Å²) in [6.07, 6.45) is 2.65. The monoisotopic (exact) mass is 328 g/mol. The van der Waals surface area contributed by atoms with Gasteiger partial charge in [0.1, 0.15) is 18.0 Å². The molecular formula is C18H21FN4O. The zero-order valence-electron chi connectivity index (χ0n) is 13.7. The summed E-state index contributed by atoms with van der Waals surface area (Å²) in [5, 5.41) is 10.2. The summed E-state index contributed by atoms with van der Waals surface area (Å²) in [6.45, 7) is 2.29. The van der Waals surface area contributed by atoms with E-state index >= 15 is 0 Å². The van der Waals surface area contributed by atoms with Crippen molar-refractivity contribution in [1.29, 1.82) is 0 Å². The number of nitrogens with zero attached hydrogens (tertiary/aromatic N) is 4. The highest BCUT2D eigenvalue weighted by Gasteiger charge is 2.35. The standard InChI is InChI=1S/C18H21FN4O/c1-22-6-5-16-15(10-22)18(21-11-20-16)23-9-14(24)8-17(23)12-3-2-4-13(19)7-12/h2-4,7,11,14,17,24H,5-6,8-10H2,1H3. The maximum atomic E-state index is 13.7. The summed E-state index contributed by atoms with van der Waals surface area (Å²) in [7, 11) is 2.09. The van der Waals surface area contributed by atoms with Crippen LogP contribution in [0.25, 0.3) is 0 Å². The predicted octanol–water partition coefficient (Wildman–Crippen LogP) is 1.92. The fourth-order valence-electron chi connectivity index (χ4n) is 3.79. The number of β-amino-alcohol motifs (C(OH)–C–C–N with tert-alkyl or cyclic N) is 1. The third kappa shape index (κ3) is 2.76. The van der Waals surface area contributed by atoms with Crippen molar-refractivity contribution in [3.05, 3.63) is 53.2 Å². The summed E-state index contributed by atoms with van der Waals surface area (Å²) in [5.41, 5.74) is 3.09. The number of anilines is 1. The molecule has 2 aromatic rings. The molecule has 4 rings (SSSR count). The Hall–Kier alpha value is -2.05. The van der Waals surface area contributed by atoms with Crippen molar-refractivity contribution in [3.8, 4) is 0 Å². The lowest BCUT2D eigenvalue weighted by Crippen LogP contribution is -2.32. The molecule has 3 heterocycles. The molecule has 126 valence electrons. The van der Waals surface area contributed by atoms with Gasteiger partial charge in [0.05, 0.1) is 17.8 Å². The van der Waals surface area contributed by atoms with Gasteiger partial charge in [0.25, 0.3) is 0 Å². The number of rotatable bonds is 2. The van der Waals surface area contributed by atoms with Gasteiger partial charge < -0.3 is 14.9 Å². The smallest absolute Gasteiger partial charge is 0.137 e. The van der Waals surface area contributed by atoms with E-state index in [0.29, 0.717) is 13.0 Å². The van der Waals surface area contributed by atoms with Crippen molar-refractivity contribution in [2.75, 3.05) is 25.0 Å². The third-order valence-electron chi connectivity index (χ3n) is 4.95. The van der Waals surface area contributed by atoms with Crippen molar-refractivity contribution in [1.82, 2.24) is 14.9 Å². The average molecular weight is 328 g/mol. The molecule has 1 saturated heterocycles. The average Bonchev–Trinajstić information content (AvgIpc) is 2.96. The Bertz CT molecular complexity index is 754. The lowest BCUT2D eigenvalue weighted by molar-refractivity contribution is 0.194. The number of aliphatic hydroxyl groups excluding tert-OH is 1. The second-order valence-corrected chi connectivity index (χ2v) is 6.72. The van der Waals surface area contributed by atoms with Crippen molar-refractivity contribution in [2.45, 2.75) is 31.5 Å². The van der Waals surface area contributed by atoms with Gasteiger partial charge in [0.15, 0.2) is 0 Å². The van der Waals surface area contributed by atoms with Gasteiger partial charge in [-0.1, -0.05) is 12.1 Å². The molecule has 5 nitrogen and oxygen atoms in total. The molecule has 0 bridgehead atoms. The van der Waals surface area contributed by atoms with Crippen LogP contribution in [0.3, 0.4) is 0 Å². The minimum atomic E-state index is -0.440. The van der Waals surface area contributed by atoms with Crippen LogP contribution in [0.2, 0.25) is 0 Å². The molecule has 2 aliphatic rings. The maximum absolute atomic E-state index is 13.7. The predicted molar refractivity (Wildman–Crippen MR) is 89.2 cm³/mol. The quantitative estimate of drug-likeness (QED) is 0.913. The van der Waals surface area contributed by atoms with E-state index in [2.05, 4.69) is 26.8 Å². The topological polar surface area (TPSA) is 52.5 Å². The molecular weight excluding hydrogens is 307 g/mol. The molecule has 1 N–H and O–H groups in total. The van der Waals surface area contributed by atoms with Gasteiger partial charge in [-0.05, 0) is 31.2 Å². The zero-order valence-corrected chi connectivity index (χ0v) is 13.7. The van der Waals surface area contributed by atoms with Crippen LogP contribution < -0.4 is 4.90 Å². The first-order valence-corrected chi connectivity index (χ1v) is 8.33. The van der Waals surface area contributed by atoms with Gasteiger partial charge in [-0.25, -0.2) is 14.4 Å². The van der Waals surface area contributed by atoms with Gasteiger partial charge in [-0.2, -0.15) is 0 Å². The first-order chi connectivity index (χ1) is 11.6. The summed E-state index contributed by atoms with van der Waals surface area (Å²) in [5.74, 6) is 0.621. The highest BCUT2D eigenvalue weighted by molar-refractivity contribution is 5.53. The van der Waals surface area contributed by atoms with Crippen molar-refractivity contribution in [3.63, 3.8) is 0 Å². The fourth-order valence-corrected chi connectivity index (χ4v) is 3.79. The molecule has 2 atom stereocenters. The van der Waals surface area contributed by atoms with E-state index in [0.717, 1.165) is 42.1 Å². The molecule has 1 aromatic carbocycles. The van der Waals surface area contributed by atoms with E-state index in [-0.39, 0.29) is 11.9 Å². The Kier molecular flexibility index (Phi) is 3.94. The van der Waals surface area contributed by atoms with Gasteiger partial charge >= 0.3 is 0 Å². The normalized spacial score (nSPS) is 24.2. The van der Waals surface area contributed by atoms with Crippen molar-refractivity contribution in [2.24, 2.45) is 0 Å². The second kappa shape index (κ2) is 6.11. The molecule has 2 aliphatic heterocycles. The number of aliphatic hydroxyl groups is 1. The van der Waals surface area contributed by atoms with Gasteiger partial charge in [0, 0.05) is 31.6 Å². The number of halogens is 1. The maximum Gasteiger partial charge on any atom is 0.137 e. The van der Waals surface area contributed by atoms with E-state index in [1.165, 1.54) is 6.07 Å². The van der Waals surface area contributed by atoms with Gasteiger partial charge in [-0.15, -0.1) is 0 Å². The van der Waals surface area contributed by atoms with Crippen LogP contribution in [-0.2, 0) is 13.0 Å². The zero-order chi connectivity index (χ0) is 16.7. The van der Waals surface area contributed by atoms with Gasteiger partial charge in [-0.3, -0.25) is 0 Å². The molecule has 0 amide bonds. The van der Waals surface area contributed by atoms with E-state index in [1.54, 1.807) is 18.5 Å².